The van der Waals surface area contributed by atoms with Gasteiger partial charge in [-0.05, 0) is 6.07 Å². The quantitative estimate of drug-likeness (QED) is 0.745. The standard InChI is InChI=1S/C12H20FN3O2/c1-17-5-3-16(4-6-18-2)12-10(8-14)7-11(13)9-15-12/h7,9H,3-6,8,14H2,1-2H3. The monoisotopic (exact) mass is 257 g/mol. The number of hydrogen-bond donors (Lipinski definition) is 1. The highest BCUT2D eigenvalue weighted by Gasteiger charge is 2.12. The van der Waals surface area contributed by atoms with E-state index in [0.29, 0.717) is 37.7 Å². The summed E-state index contributed by atoms with van der Waals surface area (Å²) < 4.78 is 23.2. The maximum Gasteiger partial charge on any atom is 0.141 e. The average molecular weight is 257 g/mol. The number of nitrogens with zero attached hydrogens (tertiary/aromatic N) is 2. The molecule has 0 saturated heterocycles. The Morgan fingerprint density at radius 2 is 1.89 bits per heavy atom. The number of nitrogens with two attached hydrogens (primary N) is 1. The number of aromatic nitrogens is 1. The second-order valence-electron chi connectivity index (χ2n) is 3.81. The molecule has 5 nitrogen and oxygen atoms in total. The predicted molar refractivity (Wildman–Crippen MR) is 68.1 cm³/mol. The molecule has 0 atom stereocenters. The summed E-state index contributed by atoms with van der Waals surface area (Å²) >= 11 is 0. The van der Waals surface area contributed by atoms with Crippen LogP contribution in [0, 0.1) is 5.82 Å². The molecule has 0 amide bonds. The first-order valence-electron chi connectivity index (χ1n) is 5.80. The number of hydrogen-bond acceptors (Lipinski definition) is 5. The van der Waals surface area contributed by atoms with E-state index in [4.69, 9.17) is 15.2 Å². The summed E-state index contributed by atoms with van der Waals surface area (Å²) in [6.07, 6.45) is 1.20. The van der Waals surface area contributed by atoms with E-state index in [-0.39, 0.29) is 12.4 Å². The summed E-state index contributed by atoms with van der Waals surface area (Å²) in [5, 5.41) is 0. The van der Waals surface area contributed by atoms with Crippen molar-refractivity contribution < 1.29 is 13.9 Å². The van der Waals surface area contributed by atoms with Crippen LogP contribution in [0.5, 0.6) is 0 Å². The molecule has 0 aliphatic heterocycles. The Hall–Kier alpha value is -1.24. The number of methoxy groups -OCH3 is 2. The summed E-state index contributed by atoms with van der Waals surface area (Å²) in [5.74, 6) is 0.311. The van der Waals surface area contributed by atoms with E-state index in [1.807, 2.05) is 4.90 Å². The summed E-state index contributed by atoms with van der Waals surface area (Å²) in [6.45, 7) is 2.69. The Balaban J connectivity index is 2.88. The lowest BCUT2D eigenvalue weighted by molar-refractivity contribution is 0.190. The van der Waals surface area contributed by atoms with Gasteiger partial charge in [0.25, 0.3) is 0 Å². The number of rotatable bonds is 8. The second kappa shape index (κ2) is 7.97. The van der Waals surface area contributed by atoms with Gasteiger partial charge in [-0.1, -0.05) is 0 Å². The molecular formula is C12H20FN3O2. The fourth-order valence-electron chi connectivity index (χ4n) is 1.64. The van der Waals surface area contributed by atoms with Gasteiger partial charge in [0, 0.05) is 39.4 Å². The van der Waals surface area contributed by atoms with Crippen LogP contribution in [-0.2, 0) is 16.0 Å². The first-order valence-corrected chi connectivity index (χ1v) is 5.80. The molecule has 1 rings (SSSR count). The summed E-state index contributed by atoms with van der Waals surface area (Å²) in [6, 6.07) is 1.41. The Morgan fingerprint density at radius 1 is 1.28 bits per heavy atom. The van der Waals surface area contributed by atoms with E-state index in [9.17, 15) is 4.39 Å². The van der Waals surface area contributed by atoms with Crippen molar-refractivity contribution >= 4 is 5.82 Å². The Morgan fingerprint density at radius 3 is 2.39 bits per heavy atom. The zero-order chi connectivity index (χ0) is 13.4. The fraction of sp³-hybridized carbons (Fsp3) is 0.583. The maximum atomic E-state index is 13.1. The smallest absolute Gasteiger partial charge is 0.141 e. The van der Waals surface area contributed by atoms with Crippen molar-refractivity contribution in [3.05, 3.63) is 23.6 Å². The minimum atomic E-state index is -0.377. The molecule has 1 aromatic rings. The van der Waals surface area contributed by atoms with Gasteiger partial charge < -0.3 is 20.1 Å². The lowest BCUT2D eigenvalue weighted by Crippen LogP contribution is -2.32. The molecule has 1 heterocycles. The molecule has 0 aliphatic carbocycles. The summed E-state index contributed by atoms with van der Waals surface area (Å²) in [4.78, 5) is 6.10. The minimum Gasteiger partial charge on any atom is -0.383 e. The molecule has 2 N–H and O–H groups in total. The molecule has 0 spiro atoms. The molecule has 6 heteroatoms. The van der Waals surface area contributed by atoms with E-state index >= 15 is 0 Å². The number of ether oxygens (including phenoxy) is 2. The lowest BCUT2D eigenvalue weighted by Gasteiger charge is -2.25. The number of halogens is 1. The fourth-order valence-corrected chi connectivity index (χ4v) is 1.64. The van der Waals surface area contributed by atoms with Crippen molar-refractivity contribution in [1.29, 1.82) is 0 Å². The van der Waals surface area contributed by atoms with Crippen LogP contribution in [0.2, 0.25) is 0 Å². The van der Waals surface area contributed by atoms with Crippen molar-refractivity contribution in [1.82, 2.24) is 4.98 Å². The lowest BCUT2D eigenvalue weighted by atomic mass is 10.2. The normalized spacial score (nSPS) is 10.7. The van der Waals surface area contributed by atoms with Gasteiger partial charge in [0.15, 0.2) is 0 Å². The van der Waals surface area contributed by atoms with E-state index < -0.39 is 0 Å². The summed E-state index contributed by atoms with van der Waals surface area (Å²) in [5.41, 5.74) is 6.30. The van der Waals surface area contributed by atoms with Crippen LogP contribution in [0.3, 0.4) is 0 Å². The third-order valence-corrected chi connectivity index (χ3v) is 2.56. The Bertz CT molecular complexity index is 355. The molecule has 0 aromatic carbocycles. The highest BCUT2D eigenvalue weighted by molar-refractivity contribution is 5.46. The van der Waals surface area contributed by atoms with Gasteiger partial charge in [-0.2, -0.15) is 0 Å². The van der Waals surface area contributed by atoms with Gasteiger partial charge in [-0.3, -0.25) is 0 Å². The van der Waals surface area contributed by atoms with Crippen molar-refractivity contribution in [2.24, 2.45) is 5.73 Å². The van der Waals surface area contributed by atoms with Gasteiger partial charge in [-0.15, -0.1) is 0 Å². The van der Waals surface area contributed by atoms with E-state index in [0.717, 1.165) is 0 Å². The molecule has 0 saturated carbocycles. The Labute approximate surface area is 107 Å². The van der Waals surface area contributed by atoms with Crippen LogP contribution in [0.4, 0.5) is 10.2 Å². The van der Waals surface area contributed by atoms with Gasteiger partial charge in [0.2, 0.25) is 0 Å². The second-order valence-corrected chi connectivity index (χ2v) is 3.81. The van der Waals surface area contributed by atoms with Crippen LogP contribution >= 0.6 is 0 Å². The molecule has 0 unspecified atom stereocenters. The van der Waals surface area contributed by atoms with E-state index in [1.54, 1.807) is 14.2 Å². The van der Waals surface area contributed by atoms with Crippen LogP contribution in [0.25, 0.3) is 0 Å². The number of pyridine rings is 1. The topological polar surface area (TPSA) is 60.6 Å². The van der Waals surface area contributed by atoms with Crippen LogP contribution < -0.4 is 10.6 Å². The molecule has 18 heavy (non-hydrogen) atoms. The first-order chi connectivity index (χ1) is 8.72. The van der Waals surface area contributed by atoms with Crippen molar-refractivity contribution in [2.75, 3.05) is 45.4 Å². The van der Waals surface area contributed by atoms with E-state index in [2.05, 4.69) is 4.98 Å². The molecule has 0 aliphatic rings. The maximum absolute atomic E-state index is 13.1. The Kier molecular flexibility index (Phi) is 6.56. The third kappa shape index (κ3) is 4.21. The van der Waals surface area contributed by atoms with E-state index in [1.165, 1.54) is 12.3 Å². The largest absolute Gasteiger partial charge is 0.383 e. The molecular weight excluding hydrogens is 237 g/mol. The van der Waals surface area contributed by atoms with Crippen molar-refractivity contribution in [2.45, 2.75) is 6.54 Å². The van der Waals surface area contributed by atoms with Gasteiger partial charge in [0.05, 0.1) is 19.4 Å². The van der Waals surface area contributed by atoms with Gasteiger partial charge in [-0.25, -0.2) is 9.37 Å². The van der Waals surface area contributed by atoms with Crippen molar-refractivity contribution in [3.8, 4) is 0 Å². The zero-order valence-corrected chi connectivity index (χ0v) is 10.9. The highest BCUT2D eigenvalue weighted by Crippen LogP contribution is 2.17. The molecule has 0 radical (unpaired) electrons. The van der Waals surface area contributed by atoms with Crippen LogP contribution in [-0.4, -0.2) is 45.5 Å². The van der Waals surface area contributed by atoms with Crippen molar-refractivity contribution in [3.63, 3.8) is 0 Å². The average Bonchev–Trinajstić information content (AvgIpc) is 2.39. The third-order valence-electron chi connectivity index (χ3n) is 2.56. The molecule has 1 aromatic heterocycles. The SMILES string of the molecule is COCCN(CCOC)c1ncc(F)cc1CN. The van der Waals surface area contributed by atoms with Crippen LogP contribution in [0.1, 0.15) is 5.56 Å². The highest BCUT2D eigenvalue weighted by atomic mass is 19.1. The molecule has 0 fully saturated rings. The van der Waals surface area contributed by atoms with Gasteiger partial charge in [0.1, 0.15) is 11.6 Å². The van der Waals surface area contributed by atoms with Crippen LogP contribution in [0.15, 0.2) is 12.3 Å². The molecule has 102 valence electrons. The predicted octanol–water partition coefficient (Wildman–Crippen LogP) is 0.779. The number of anilines is 1. The molecule has 0 bridgehead atoms. The van der Waals surface area contributed by atoms with Gasteiger partial charge >= 0.3 is 0 Å². The first kappa shape index (κ1) is 14.8. The summed E-state index contributed by atoms with van der Waals surface area (Å²) in [7, 11) is 3.27. The minimum absolute atomic E-state index is 0.247. The zero-order valence-electron chi connectivity index (χ0n) is 10.9.